The number of rotatable bonds is 4. The zero-order valence-electron chi connectivity index (χ0n) is 11.4. The number of benzene rings is 1. The molecule has 1 amide bonds. The van der Waals surface area contributed by atoms with E-state index in [1.54, 1.807) is 13.8 Å². The molecule has 0 aliphatic heterocycles. The van der Waals surface area contributed by atoms with Gasteiger partial charge < -0.3 is 10.6 Å². The van der Waals surface area contributed by atoms with Crippen LogP contribution in [0.5, 0.6) is 0 Å². The fourth-order valence-corrected chi connectivity index (χ4v) is 1.84. The number of amides is 1. The summed E-state index contributed by atoms with van der Waals surface area (Å²) in [6.45, 7) is 3.28. The molecule has 0 fully saturated rings. The molecule has 0 unspecified atom stereocenters. The van der Waals surface area contributed by atoms with Crippen molar-refractivity contribution < 1.29 is 22.4 Å². The number of carbonyl (C=O) groups is 1. The maximum Gasteiger partial charge on any atom is 0.419 e. The van der Waals surface area contributed by atoms with Gasteiger partial charge >= 0.3 is 6.18 Å². The first-order valence-electron chi connectivity index (χ1n) is 6.00. The molecule has 1 rings (SSSR count). The van der Waals surface area contributed by atoms with Crippen molar-refractivity contribution in [2.24, 2.45) is 5.73 Å². The van der Waals surface area contributed by atoms with E-state index in [1.807, 2.05) is 0 Å². The monoisotopic (exact) mass is 322 g/mol. The smallest absolute Gasteiger partial charge is 0.392 e. The second-order valence-corrected chi connectivity index (χ2v) is 5.21. The molecule has 0 saturated heterocycles. The molecular weight excluding hydrogens is 308 g/mol. The van der Waals surface area contributed by atoms with Crippen molar-refractivity contribution >= 4 is 23.1 Å². The van der Waals surface area contributed by atoms with Crippen LogP contribution < -0.4 is 5.73 Å². The van der Waals surface area contributed by atoms with E-state index in [4.69, 9.17) is 18.0 Å². The van der Waals surface area contributed by atoms with Crippen molar-refractivity contribution in [3.05, 3.63) is 35.1 Å². The van der Waals surface area contributed by atoms with Crippen LogP contribution in [0.25, 0.3) is 0 Å². The second kappa shape index (κ2) is 6.38. The molecular formula is C13H14F4N2OS. The molecule has 0 aromatic heterocycles. The normalized spacial score (nSPS) is 11.6. The summed E-state index contributed by atoms with van der Waals surface area (Å²) in [6, 6.07) is 1.79. The van der Waals surface area contributed by atoms with E-state index in [-0.39, 0.29) is 23.1 Å². The molecule has 1 aromatic carbocycles. The van der Waals surface area contributed by atoms with Crippen molar-refractivity contribution in [3.63, 3.8) is 0 Å². The minimum absolute atomic E-state index is 0.0372. The van der Waals surface area contributed by atoms with E-state index in [0.29, 0.717) is 12.1 Å². The lowest BCUT2D eigenvalue weighted by atomic mass is 10.1. The Hall–Kier alpha value is -1.70. The number of thiocarbonyl (C=S) groups is 1. The van der Waals surface area contributed by atoms with Gasteiger partial charge in [-0.2, -0.15) is 13.2 Å². The molecule has 0 spiro atoms. The summed E-state index contributed by atoms with van der Waals surface area (Å²) in [7, 11) is 0. The largest absolute Gasteiger partial charge is 0.419 e. The van der Waals surface area contributed by atoms with Crippen LogP contribution in [0.15, 0.2) is 18.2 Å². The average molecular weight is 322 g/mol. The van der Waals surface area contributed by atoms with Crippen molar-refractivity contribution in [2.75, 3.05) is 6.54 Å². The Kier molecular flexibility index (Phi) is 5.27. The Morgan fingerprint density at radius 1 is 1.38 bits per heavy atom. The van der Waals surface area contributed by atoms with E-state index in [1.165, 1.54) is 4.90 Å². The Balaban J connectivity index is 3.20. The number of nitrogens with two attached hydrogens (primary N) is 1. The Bertz CT molecular complexity index is 558. The van der Waals surface area contributed by atoms with Crippen molar-refractivity contribution in [2.45, 2.75) is 26.1 Å². The summed E-state index contributed by atoms with van der Waals surface area (Å²) in [4.78, 5) is 13.5. The topological polar surface area (TPSA) is 46.3 Å². The van der Waals surface area contributed by atoms with Gasteiger partial charge in [-0.25, -0.2) is 4.39 Å². The summed E-state index contributed by atoms with van der Waals surface area (Å²) >= 11 is 4.71. The fraction of sp³-hybridized carbons (Fsp3) is 0.385. The van der Waals surface area contributed by atoms with E-state index >= 15 is 0 Å². The SMILES string of the molecule is CC(C)N(CC(N)=S)C(=O)c1ccc(F)c(C(F)(F)F)c1. The van der Waals surface area contributed by atoms with Crippen LogP contribution in [0.2, 0.25) is 0 Å². The third-order valence-corrected chi connectivity index (χ3v) is 2.86. The minimum Gasteiger partial charge on any atom is -0.392 e. The number of alkyl halides is 3. The first kappa shape index (κ1) is 17.4. The van der Waals surface area contributed by atoms with Crippen molar-refractivity contribution in [1.82, 2.24) is 4.90 Å². The quantitative estimate of drug-likeness (QED) is 0.685. The summed E-state index contributed by atoms with van der Waals surface area (Å²) in [6.07, 6.45) is -4.87. The predicted octanol–water partition coefficient (Wildman–Crippen LogP) is 2.98. The van der Waals surface area contributed by atoms with Crippen LogP contribution in [0.1, 0.15) is 29.8 Å². The molecule has 0 radical (unpaired) electrons. The number of carbonyl (C=O) groups excluding carboxylic acids is 1. The average Bonchev–Trinajstić information content (AvgIpc) is 2.33. The van der Waals surface area contributed by atoms with Gasteiger partial charge in [-0.15, -0.1) is 0 Å². The Morgan fingerprint density at radius 3 is 2.38 bits per heavy atom. The van der Waals surface area contributed by atoms with E-state index < -0.39 is 23.5 Å². The highest BCUT2D eigenvalue weighted by atomic mass is 32.1. The molecule has 2 N–H and O–H groups in total. The van der Waals surface area contributed by atoms with Gasteiger partial charge in [0.1, 0.15) is 5.82 Å². The molecule has 0 atom stereocenters. The zero-order valence-corrected chi connectivity index (χ0v) is 12.2. The standard InChI is InChI=1S/C13H14F4N2OS/c1-7(2)19(6-11(18)21)12(20)8-3-4-10(14)9(5-8)13(15,16)17/h3-5,7H,6H2,1-2H3,(H2,18,21). The number of nitrogens with zero attached hydrogens (tertiary/aromatic N) is 1. The highest BCUT2D eigenvalue weighted by molar-refractivity contribution is 7.80. The molecule has 8 heteroatoms. The summed E-state index contributed by atoms with van der Waals surface area (Å²) in [5.74, 6) is -2.12. The lowest BCUT2D eigenvalue weighted by Crippen LogP contribution is -2.42. The first-order valence-corrected chi connectivity index (χ1v) is 6.41. The third-order valence-electron chi connectivity index (χ3n) is 2.73. The molecule has 0 bridgehead atoms. The van der Waals surface area contributed by atoms with Crippen LogP contribution >= 0.6 is 12.2 Å². The van der Waals surface area contributed by atoms with Crippen molar-refractivity contribution in [1.29, 1.82) is 0 Å². The zero-order chi connectivity index (χ0) is 16.4. The van der Waals surface area contributed by atoms with Crippen LogP contribution in [-0.4, -0.2) is 28.4 Å². The summed E-state index contributed by atoms with van der Waals surface area (Å²) < 4.78 is 51.2. The van der Waals surface area contributed by atoms with E-state index in [9.17, 15) is 22.4 Å². The van der Waals surface area contributed by atoms with Crippen LogP contribution in [0.4, 0.5) is 17.6 Å². The minimum atomic E-state index is -4.87. The Labute approximate surface area is 124 Å². The molecule has 116 valence electrons. The lowest BCUT2D eigenvalue weighted by molar-refractivity contribution is -0.140. The highest BCUT2D eigenvalue weighted by Gasteiger charge is 2.35. The fourth-order valence-electron chi connectivity index (χ4n) is 1.70. The number of halogens is 4. The first-order chi connectivity index (χ1) is 9.54. The summed E-state index contributed by atoms with van der Waals surface area (Å²) in [5.41, 5.74) is 3.62. The van der Waals surface area contributed by atoms with Gasteiger partial charge in [0.05, 0.1) is 17.1 Å². The maximum absolute atomic E-state index is 13.2. The molecule has 0 aliphatic rings. The number of hydrogen-bond donors (Lipinski definition) is 1. The third kappa shape index (κ3) is 4.38. The van der Waals surface area contributed by atoms with Gasteiger partial charge in [-0.1, -0.05) is 12.2 Å². The molecule has 0 aliphatic carbocycles. The van der Waals surface area contributed by atoms with E-state index in [2.05, 4.69) is 0 Å². The van der Waals surface area contributed by atoms with E-state index in [0.717, 1.165) is 6.07 Å². The van der Waals surface area contributed by atoms with Gasteiger partial charge in [0, 0.05) is 11.6 Å². The molecule has 1 aromatic rings. The van der Waals surface area contributed by atoms with Crippen LogP contribution in [0.3, 0.4) is 0 Å². The molecule has 3 nitrogen and oxygen atoms in total. The van der Waals surface area contributed by atoms with Gasteiger partial charge in [0.25, 0.3) is 5.91 Å². The van der Waals surface area contributed by atoms with Crippen molar-refractivity contribution in [3.8, 4) is 0 Å². The van der Waals surface area contributed by atoms with Gasteiger partial charge in [0.2, 0.25) is 0 Å². The van der Waals surface area contributed by atoms with Crippen LogP contribution in [0, 0.1) is 5.82 Å². The Morgan fingerprint density at radius 2 is 1.95 bits per heavy atom. The number of hydrogen-bond acceptors (Lipinski definition) is 2. The predicted molar refractivity (Wildman–Crippen MR) is 74.4 cm³/mol. The molecule has 0 saturated carbocycles. The maximum atomic E-state index is 13.2. The van der Waals surface area contributed by atoms with Crippen LogP contribution in [-0.2, 0) is 6.18 Å². The second-order valence-electron chi connectivity index (χ2n) is 4.69. The van der Waals surface area contributed by atoms with Gasteiger partial charge in [-0.05, 0) is 32.0 Å². The highest BCUT2D eigenvalue weighted by Crippen LogP contribution is 2.32. The lowest BCUT2D eigenvalue weighted by Gasteiger charge is -2.26. The van der Waals surface area contributed by atoms with Gasteiger partial charge in [-0.3, -0.25) is 4.79 Å². The van der Waals surface area contributed by atoms with Gasteiger partial charge in [0.15, 0.2) is 0 Å². The molecule has 21 heavy (non-hydrogen) atoms. The molecule has 0 heterocycles. The summed E-state index contributed by atoms with van der Waals surface area (Å²) in [5, 5.41) is 0.